The molecule has 0 aromatic carbocycles. The van der Waals surface area contributed by atoms with E-state index in [1.54, 1.807) is 18.4 Å². The Morgan fingerprint density at radius 2 is 2.25 bits per heavy atom. The molecule has 0 saturated carbocycles. The summed E-state index contributed by atoms with van der Waals surface area (Å²) in [7, 11) is 1.69. The van der Waals surface area contributed by atoms with Crippen molar-refractivity contribution in [2.45, 2.75) is 25.9 Å². The molecule has 1 aromatic heterocycles. The van der Waals surface area contributed by atoms with Gasteiger partial charge in [0.25, 0.3) is 0 Å². The molecule has 2 N–H and O–H groups in total. The van der Waals surface area contributed by atoms with E-state index in [-0.39, 0.29) is 5.92 Å². The van der Waals surface area contributed by atoms with Crippen LogP contribution in [0, 0.1) is 12.8 Å². The van der Waals surface area contributed by atoms with E-state index < -0.39 is 12.7 Å². The Bertz CT molecular complexity index is 543. The molecular weight excluding hydrogens is 339 g/mol. The maximum atomic E-state index is 12.4. The molecule has 1 atom stereocenters. The molecule has 0 radical (unpaired) electrons. The summed E-state index contributed by atoms with van der Waals surface area (Å²) < 4.78 is 37.2. The first-order chi connectivity index (χ1) is 11.4. The third-order valence-electron chi connectivity index (χ3n) is 3.86. The summed E-state index contributed by atoms with van der Waals surface area (Å²) in [5, 5.41) is 7.49. The molecule has 136 valence electrons. The van der Waals surface area contributed by atoms with Crippen LogP contribution in [0.4, 0.5) is 13.2 Å². The predicted molar refractivity (Wildman–Crippen MR) is 90.5 cm³/mol. The van der Waals surface area contributed by atoms with Crippen LogP contribution in [0.15, 0.2) is 11.2 Å². The minimum absolute atomic E-state index is 0.215. The molecule has 9 heteroatoms. The highest BCUT2D eigenvalue weighted by Gasteiger charge is 2.34. The highest BCUT2D eigenvalue weighted by molar-refractivity contribution is 7.11. The van der Waals surface area contributed by atoms with E-state index in [2.05, 4.69) is 20.6 Å². The summed E-state index contributed by atoms with van der Waals surface area (Å²) in [4.78, 5) is 11.1. The van der Waals surface area contributed by atoms with Crippen LogP contribution >= 0.6 is 11.3 Å². The number of nitrogens with zero attached hydrogens (tertiary/aromatic N) is 3. The largest absolute Gasteiger partial charge is 0.401 e. The average Bonchev–Trinajstić information content (AvgIpc) is 3.10. The Kier molecular flexibility index (Phi) is 6.85. The van der Waals surface area contributed by atoms with Gasteiger partial charge in [-0.25, -0.2) is 4.98 Å². The highest BCUT2D eigenvalue weighted by Crippen LogP contribution is 2.22. The number of hydrogen-bond donors (Lipinski definition) is 2. The van der Waals surface area contributed by atoms with Crippen molar-refractivity contribution in [1.82, 2.24) is 20.5 Å². The lowest BCUT2D eigenvalue weighted by molar-refractivity contribution is -0.143. The number of aliphatic imine (C=N–C) groups is 1. The Hall–Kier alpha value is -1.35. The standard InChI is InChI=1S/C15H24F3N5S/c1-11-7-21-13(24-11)3-5-20-14(19-2)22-8-12-4-6-23(9-12)10-15(16,17)18/h7,12H,3-6,8-10H2,1-2H3,(H2,19,20,22). The molecule has 2 rings (SSSR count). The van der Waals surface area contributed by atoms with Crippen LogP contribution in [-0.4, -0.2) is 61.8 Å². The fourth-order valence-corrected chi connectivity index (χ4v) is 3.53. The summed E-state index contributed by atoms with van der Waals surface area (Å²) in [6.45, 7) is 3.54. The number of hydrogen-bond acceptors (Lipinski definition) is 4. The van der Waals surface area contributed by atoms with E-state index in [1.807, 2.05) is 13.1 Å². The lowest BCUT2D eigenvalue weighted by Crippen LogP contribution is -2.41. The zero-order valence-corrected chi connectivity index (χ0v) is 14.8. The number of likely N-dealkylation sites (tertiary alicyclic amines) is 1. The Balaban J connectivity index is 1.65. The van der Waals surface area contributed by atoms with Crippen LogP contribution in [0.5, 0.6) is 0 Å². The van der Waals surface area contributed by atoms with Crippen molar-refractivity contribution in [1.29, 1.82) is 0 Å². The Morgan fingerprint density at radius 1 is 1.46 bits per heavy atom. The molecule has 1 aliphatic rings. The van der Waals surface area contributed by atoms with Crippen molar-refractivity contribution in [3.05, 3.63) is 16.1 Å². The number of halogens is 3. The fraction of sp³-hybridized carbons (Fsp3) is 0.733. The van der Waals surface area contributed by atoms with Gasteiger partial charge in [-0.3, -0.25) is 9.89 Å². The second-order valence-electron chi connectivity index (χ2n) is 6.00. The van der Waals surface area contributed by atoms with Crippen LogP contribution in [0.3, 0.4) is 0 Å². The van der Waals surface area contributed by atoms with E-state index in [9.17, 15) is 13.2 Å². The minimum Gasteiger partial charge on any atom is -0.356 e. The highest BCUT2D eigenvalue weighted by atomic mass is 32.1. The Labute approximate surface area is 144 Å². The van der Waals surface area contributed by atoms with Crippen LogP contribution < -0.4 is 10.6 Å². The first-order valence-corrected chi connectivity index (χ1v) is 8.82. The van der Waals surface area contributed by atoms with Gasteiger partial charge < -0.3 is 10.6 Å². The van der Waals surface area contributed by atoms with Gasteiger partial charge in [0, 0.05) is 44.2 Å². The van der Waals surface area contributed by atoms with Crippen molar-refractivity contribution in [2.24, 2.45) is 10.9 Å². The van der Waals surface area contributed by atoms with Crippen molar-refractivity contribution in [3.63, 3.8) is 0 Å². The maximum absolute atomic E-state index is 12.4. The average molecular weight is 363 g/mol. The van der Waals surface area contributed by atoms with Crippen LogP contribution in [0.2, 0.25) is 0 Å². The number of nitrogens with one attached hydrogen (secondary N) is 2. The molecule has 2 heterocycles. The number of thiazole rings is 1. The van der Waals surface area contributed by atoms with E-state index in [4.69, 9.17) is 0 Å². The van der Waals surface area contributed by atoms with Crippen LogP contribution in [0.25, 0.3) is 0 Å². The minimum atomic E-state index is -4.12. The molecule has 0 amide bonds. The van der Waals surface area contributed by atoms with E-state index in [0.717, 1.165) is 24.4 Å². The summed E-state index contributed by atoms with van der Waals surface area (Å²) >= 11 is 1.68. The summed E-state index contributed by atoms with van der Waals surface area (Å²) in [6.07, 6.45) is -0.658. The van der Waals surface area contributed by atoms with Gasteiger partial charge in [0.15, 0.2) is 5.96 Å². The molecule has 5 nitrogen and oxygen atoms in total. The van der Waals surface area contributed by atoms with Gasteiger partial charge in [-0.1, -0.05) is 0 Å². The number of aromatic nitrogens is 1. The normalized spacial score (nSPS) is 19.7. The van der Waals surface area contributed by atoms with Crippen LogP contribution in [0.1, 0.15) is 16.3 Å². The second-order valence-corrected chi connectivity index (χ2v) is 7.32. The fourth-order valence-electron chi connectivity index (χ4n) is 2.74. The van der Waals surface area contributed by atoms with Gasteiger partial charge in [0.05, 0.1) is 11.6 Å². The van der Waals surface area contributed by atoms with Gasteiger partial charge in [0.1, 0.15) is 0 Å². The van der Waals surface area contributed by atoms with E-state index in [1.165, 1.54) is 9.78 Å². The second kappa shape index (κ2) is 8.66. The topological polar surface area (TPSA) is 52.6 Å². The predicted octanol–water partition coefficient (Wildman–Crippen LogP) is 2.04. The molecule has 24 heavy (non-hydrogen) atoms. The molecular formula is C15H24F3N5S. The third-order valence-corrected chi connectivity index (χ3v) is 4.83. The summed E-state index contributed by atoms with van der Waals surface area (Å²) in [5.41, 5.74) is 0. The number of aryl methyl sites for hydroxylation is 1. The van der Waals surface area contributed by atoms with Gasteiger partial charge in [-0.2, -0.15) is 13.2 Å². The lowest BCUT2D eigenvalue weighted by Gasteiger charge is -2.18. The van der Waals surface area contributed by atoms with Gasteiger partial charge in [-0.05, 0) is 25.8 Å². The smallest absolute Gasteiger partial charge is 0.356 e. The van der Waals surface area contributed by atoms with Gasteiger partial charge >= 0.3 is 6.18 Å². The molecule has 1 aliphatic heterocycles. The Morgan fingerprint density at radius 3 is 2.88 bits per heavy atom. The maximum Gasteiger partial charge on any atom is 0.401 e. The molecule has 1 saturated heterocycles. The van der Waals surface area contributed by atoms with Gasteiger partial charge in [-0.15, -0.1) is 11.3 Å². The van der Waals surface area contributed by atoms with Crippen molar-refractivity contribution < 1.29 is 13.2 Å². The van der Waals surface area contributed by atoms with Crippen molar-refractivity contribution in [3.8, 4) is 0 Å². The van der Waals surface area contributed by atoms with Crippen molar-refractivity contribution in [2.75, 3.05) is 39.8 Å². The van der Waals surface area contributed by atoms with E-state index in [0.29, 0.717) is 25.6 Å². The lowest BCUT2D eigenvalue weighted by atomic mass is 10.1. The molecule has 0 spiro atoms. The first kappa shape index (κ1) is 19.0. The molecule has 0 bridgehead atoms. The molecule has 1 fully saturated rings. The molecule has 1 unspecified atom stereocenters. The van der Waals surface area contributed by atoms with Crippen molar-refractivity contribution >= 4 is 17.3 Å². The summed E-state index contributed by atoms with van der Waals surface area (Å²) in [5.74, 6) is 0.894. The van der Waals surface area contributed by atoms with E-state index >= 15 is 0 Å². The number of guanidine groups is 1. The third kappa shape index (κ3) is 6.64. The molecule has 0 aliphatic carbocycles. The zero-order chi connectivity index (χ0) is 17.6. The monoisotopic (exact) mass is 363 g/mol. The summed E-state index contributed by atoms with van der Waals surface area (Å²) in [6, 6.07) is 0. The molecule has 1 aromatic rings. The zero-order valence-electron chi connectivity index (χ0n) is 14.0. The quantitative estimate of drug-likeness (QED) is 0.600. The van der Waals surface area contributed by atoms with Crippen LogP contribution in [-0.2, 0) is 6.42 Å². The number of alkyl halides is 3. The number of rotatable bonds is 6. The van der Waals surface area contributed by atoms with Gasteiger partial charge in [0.2, 0.25) is 0 Å². The SMILES string of the molecule is CN=C(NCCc1ncc(C)s1)NCC1CCN(CC(F)(F)F)C1. The first-order valence-electron chi connectivity index (χ1n) is 8.00.